The van der Waals surface area contributed by atoms with Crippen LogP contribution in [0.5, 0.6) is 0 Å². The second kappa shape index (κ2) is 5.99. The zero-order valence-corrected chi connectivity index (χ0v) is 14.4. The van der Waals surface area contributed by atoms with Crippen molar-refractivity contribution >= 4 is 31.8 Å². The third kappa shape index (κ3) is 3.32. The van der Waals surface area contributed by atoms with Gasteiger partial charge < -0.3 is 4.90 Å². The molecule has 2 rings (SSSR count). The first-order valence-corrected chi connectivity index (χ1v) is 8.90. The molecule has 0 radical (unpaired) electrons. The third-order valence-electron chi connectivity index (χ3n) is 3.60. The Hall–Kier alpha value is -0.660. The molecule has 1 aromatic rings. The molecule has 0 aliphatic heterocycles. The topological polar surface area (TPSA) is 53.5 Å². The molecule has 20 heavy (non-hydrogen) atoms. The summed E-state index contributed by atoms with van der Waals surface area (Å²) in [6.45, 7) is 0.953. The summed E-state index contributed by atoms with van der Waals surface area (Å²) in [5, 5.41) is 0. The van der Waals surface area contributed by atoms with E-state index in [1.54, 1.807) is 12.1 Å². The van der Waals surface area contributed by atoms with Gasteiger partial charge in [0, 0.05) is 38.7 Å². The Kier molecular flexibility index (Phi) is 4.71. The highest BCUT2D eigenvalue weighted by Crippen LogP contribution is 2.34. The molecule has 7 heteroatoms. The van der Waals surface area contributed by atoms with Gasteiger partial charge in [-0.2, -0.15) is 0 Å². The number of aromatic nitrogens is 1. The number of hydrogen-bond acceptors (Lipinski definition) is 4. The smallest absolute Gasteiger partial charge is 0.244 e. The maximum Gasteiger partial charge on any atom is 0.244 e. The molecule has 0 unspecified atom stereocenters. The Labute approximate surface area is 129 Å². The quantitative estimate of drug-likeness (QED) is 0.752. The summed E-state index contributed by atoms with van der Waals surface area (Å²) in [5.74, 6) is 1.50. The van der Waals surface area contributed by atoms with E-state index in [0.717, 1.165) is 12.4 Å². The molecule has 0 amide bonds. The Balaban J connectivity index is 2.04. The van der Waals surface area contributed by atoms with Gasteiger partial charge in [0.15, 0.2) is 0 Å². The minimum atomic E-state index is -3.40. The molecule has 0 aromatic carbocycles. The van der Waals surface area contributed by atoms with E-state index >= 15 is 0 Å². The number of anilines is 1. The van der Waals surface area contributed by atoms with Gasteiger partial charge in [-0.1, -0.05) is 15.9 Å². The van der Waals surface area contributed by atoms with Crippen molar-refractivity contribution in [3.63, 3.8) is 0 Å². The fourth-order valence-corrected chi connectivity index (χ4v) is 4.15. The van der Waals surface area contributed by atoms with Crippen molar-refractivity contribution < 1.29 is 8.42 Å². The molecular weight excluding hydrogens is 342 g/mol. The van der Waals surface area contributed by atoms with Gasteiger partial charge in [-0.3, -0.25) is 0 Å². The lowest BCUT2D eigenvalue weighted by Crippen LogP contribution is -2.35. The van der Waals surface area contributed by atoms with Crippen molar-refractivity contribution in [2.24, 2.45) is 5.92 Å². The van der Waals surface area contributed by atoms with Crippen LogP contribution >= 0.6 is 15.9 Å². The van der Waals surface area contributed by atoms with Gasteiger partial charge in [-0.25, -0.2) is 17.7 Å². The zero-order valence-electron chi connectivity index (χ0n) is 12.0. The summed E-state index contributed by atoms with van der Waals surface area (Å²) < 4.78 is 25.1. The highest BCUT2D eigenvalue weighted by Gasteiger charge is 2.28. The first-order chi connectivity index (χ1) is 9.30. The monoisotopic (exact) mass is 361 g/mol. The first-order valence-electron chi connectivity index (χ1n) is 6.54. The van der Waals surface area contributed by atoms with Crippen molar-refractivity contribution in [3.8, 4) is 0 Å². The van der Waals surface area contributed by atoms with Gasteiger partial charge in [0.05, 0.1) is 0 Å². The summed E-state index contributed by atoms with van der Waals surface area (Å²) in [7, 11) is 1.63. The predicted molar refractivity (Wildman–Crippen MR) is 83.8 cm³/mol. The number of hydrogen-bond donors (Lipinski definition) is 0. The number of rotatable bonds is 5. The standard InChI is InChI=1S/C13H20BrN3O2S/c1-16(2)20(18,19)12-4-5-13(15-8-12)17(3)9-10-6-11(14)7-10/h4-5,8,10-11H,6-7,9H2,1-3H3. The number of sulfonamides is 1. The van der Waals surface area contributed by atoms with Crippen LogP contribution in [0.1, 0.15) is 12.8 Å². The number of alkyl halides is 1. The van der Waals surface area contributed by atoms with Crippen LogP contribution in [-0.2, 0) is 10.0 Å². The van der Waals surface area contributed by atoms with Crippen molar-refractivity contribution in [1.29, 1.82) is 0 Å². The molecular formula is C13H20BrN3O2S. The molecule has 1 saturated carbocycles. The summed E-state index contributed by atoms with van der Waals surface area (Å²) in [5.41, 5.74) is 0. The molecule has 1 aliphatic rings. The van der Waals surface area contributed by atoms with Crippen LogP contribution < -0.4 is 4.90 Å². The maximum absolute atomic E-state index is 11.9. The van der Waals surface area contributed by atoms with Crippen LogP contribution in [-0.4, -0.2) is 50.2 Å². The molecule has 5 nitrogen and oxygen atoms in total. The summed E-state index contributed by atoms with van der Waals surface area (Å²) in [6.07, 6.45) is 3.81. The van der Waals surface area contributed by atoms with Gasteiger partial charge in [-0.15, -0.1) is 0 Å². The second-order valence-corrected chi connectivity index (χ2v) is 8.90. The number of pyridine rings is 1. The van der Waals surface area contributed by atoms with Crippen LogP contribution in [0.2, 0.25) is 0 Å². The summed E-state index contributed by atoms with van der Waals surface area (Å²) >= 11 is 3.59. The highest BCUT2D eigenvalue weighted by molar-refractivity contribution is 9.09. The third-order valence-corrected chi connectivity index (χ3v) is 6.15. The lowest BCUT2D eigenvalue weighted by Gasteiger charge is -2.34. The molecule has 0 bridgehead atoms. The molecule has 1 heterocycles. The van der Waals surface area contributed by atoms with E-state index in [1.807, 2.05) is 7.05 Å². The number of halogens is 1. The fraction of sp³-hybridized carbons (Fsp3) is 0.615. The van der Waals surface area contributed by atoms with E-state index < -0.39 is 10.0 Å². The van der Waals surface area contributed by atoms with Gasteiger partial charge in [0.25, 0.3) is 0 Å². The van der Waals surface area contributed by atoms with E-state index in [4.69, 9.17) is 0 Å². The molecule has 0 N–H and O–H groups in total. The normalized spacial score (nSPS) is 22.6. The van der Waals surface area contributed by atoms with Gasteiger partial charge >= 0.3 is 0 Å². The minimum absolute atomic E-state index is 0.226. The lowest BCUT2D eigenvalue weighted by molar-refractivity contribution is 0.338. The molecule has 0 atom stereocenters. The van der Waals surface area contributed by atoms with Crippen molar-refractivity contribution in [3.05, 3.63) is 18.3 Å². The van der Waals surface area contributed by atoms with Crippen LogP contribution in [0, 0.1) is 5.92 Å². The summed E-state index contributed by atoms with van der Waals surface area (Å²) in [6, 6.07) is 3.38. The first kappa shape index (κ1) is 15.7. The highest BCUT2D eigenvalue weighted by atomic mass is 79.9. The largest absolute Gasteiger partial charge is 0.359 e. The van der Waals surface area contributed by atoms with Crippen molar-refractivity contribution in [2.45, 2.75) is 22.6 Å². The molecule has 0 spiro atoms. The van der Waals surface area contributed by atoms with E-state index in [9.17, 15) is 8.42 Å². The van der Waals surface area contributed by atoms with Gasteiger partial charge in [0.2, 0.25) is 10.0 Å². The van der Waals surface area contributed by atoms with Gasteiger partial charge in [-0.05, 0) is 30.9 Å². The number of nitrogens with zero attached hydrogens (tertiary/aromatic N) is 3. The average Bonchev–Trinajstić information content (AvgIpc) is 2.36. The van der Waals surface area contributed by atoms with Crippen LogP contribution in [0.25, 0.3) is 0 Å². The van der Waals surface area contributed by atoms with Crippen molar-refractivity contribution in [1.82, 2.24) is 9.29 Å². The second-order valence-electron chi connectivity index (χ2n) is 5.45. The Morgan fingerprint density at radius 1 is 1.30 bits per heavy atom. The van der Waals surface area contributed by atoms with Crippen LogP contribution in [0.15, 0.2) is 23.2 Å². The Morgan fingerprint density at radius 3 is 2.40 bits per heavy atom. The van der Waals surface area contributed by atoms with Crippen LogP contribution in [0.4, 0.5) is 5.82 Å². The molecule has 1 fully saturated rings. The lowest BCUT2D eigenvalue weighted by atomic mass is 9.85. The van der Waals surface area contributed by atoms with E-state index in [1.165, 1.54) is 37.4 Å². The minimum Gasteiger partial charge on any atom is -0.359 e. The van der Waals surface area contributed by atoms with Crippen molar-refractivity contribution in [2.75, 3.05) is 32.6 Å². The SMILES string of the molecule is CN(CC1CC(Br)C1)c1ccc(S(=O)(=O)N(C)C)cn1. The fourth-order valence-electron chi connectivity index (χ4n) is 2.25. The predicted octanol–water partition coefficient (Wildman–Crippen LogP) is 1.94. The molecule has 1 aromatic heterocycles. The average molecular weight is 362 g/mol. The van der Waals surface area contributed by atoms with Crippen LogP contribution in [0.3, 0.4) is 0 Å². The van der Waals surface area contributed by atoms with Gasteiger partial charge in [0.1, 0.15) is 10.7 Å². The Bertz CT molecular complexity index is 553. The summed E-state index contributed by atoms with van der Waals surface area (Å²) in [4.78, 5) is 7.23. The van der Waals surface area contributed by atoms with E-state index in [-0.39, 0.29) is 4.90 Å². The molecule has 112 valence electrons. The Morgan fingerprint density at radius 2 is 1.95 bits per heavy atom. The van der Waals surface area contributed by atoms with E-state index in [2.05, 4.69) is 25.8 Å². The zero-order chi connectivity index (χ0) is 14.9. The maximum atomic E-state index is 11.9. The molecule has 0 saturated heterocycles. The molecule has 1 aliphatic carbocycles. The van der Waals surface area contributed by atoms with E-state index in [0.29, 0.717) is 10.7 Å².